The van der Waals surface area contributed by atoms with Crippen LogP contribution < -0.4 is 4.72 Å². The minimum absolute atomic E-state index is 0.0216. The van der Waals surface area contributed by atoms with Crippen molar-refractivity contribution in [2.75, 3.05) is 7.11 Å². The van der Waals surface area contributed by atoms with Crippen molar-refractivity contribution < 1.29 is 13.2 Å². The molecule has 2 aromatic heterocycles. The van der Waals surface area contributed by atoms with Gasteiger partial charge in [0.1, 0.15) is 16.7 Å². The Morgan fingerprint density at radius 1 is 1.19 bits per heavy atom. The van der Waals surface area contributed by atoms with Crippen molar-refractivity contribution in [1.82, 2.24) is 19.3 Å². The summed E-state index contributed by atoms with van der Waals surface area (Å²) in [6.07, 6.45) is 6.64. The van der Waals surface area contributed by atoms with E-state index in [0.29, 0.717) is 23.0 Å². The zero-order valence-electron chi connectivity index (χ0n) is 18.0. The Morgan fingerprint density at radius 2 is 1.91 bits per heavy atom. The van der Waals surface area contributed by atoms with Gasteiger partial charge in [-0.2, -0.15) is 5.26 Å². The molecule has 166 valence electrons. The van der Waals surface area contributed by atoms with Gasteiger partial charge in [0.25, 0.3) is 0 Å². The largest absolute Gasteiger partial charge is 0.379 e. The van der Waals surface area contributed by atoms with Gasteiger partial charge in [-0.1, -0.05) is 18.2 Å². The fraction of sp³-hybridized carbons (Fsp3) is 0.435. The number of hydrogen-bond acceptors (Lipinski definition) is 6. The number of nitriles is 1. The maximum absolute atomic E-state index is 12.7. The number of rotatable bonds is 7. The average molecular weight is 452 g/mol. The third-order valence-corrected chi connectivity index (χ3v) is 8.17. The average Bonchev–Trinajstić information content (AvgIpc) is 3.57. The molecular weight excluding hydrogens is 426 g/mol. The highest BCUT2D eigenvalue weighted by Gasteiger charge is 2.37. The van der Waals surface area contributed by atoms with Crippen LogP contribution >= 0.6 is 0 Å². The molecule has 0 bridgehead atoms. The lowest BCUT2D eigenvalue weighted by Crippen LogP contribution is -2.35. The minimum atomic E-state index is -3.70. The molecule has 2 aliphatic carbocycles. The molecule has 0 saturated heterocycles. The fourth-order valence-electron chi connectivity index (χ4n) is 4.55. The molecule has 1 N–H and O–H groups in total. The third kappa shape index (κ3) is 3.48. The lowest BCUT2D eigenvalue weighted by atomic mass is 9.88. The molecule has 2 unspecified atom stereocenters. The summed E-state index contributed by atoms with van der Waals surface area (Å²) in [6.45, 7) is 1.88. The molecule has 2 aliphatic rings. The van der Waals surface area contributed by atoms with Gasteiger partial charge < -0.3 is 9.30 Å². The van der Waals surface area contributed by atoms with Crippen molar-refractivity contribution >= 4 is 20.9 Å². The molecule has 0 spiro atoms. The summed E-state index contributed by atoms with van der Waals surface area (Å²) in [7, 11) is -2.01. The number of aromatic nitrogens is 3. The first-order chi connectivity index (χ1) is 15.4. The molecule has 3 atom stereocenters. The van der Waals surface area contributed by atoms with Crippen molar-refractivity contribution in [3.8, 4) is 17.6 Å². The number of nitrogens with zero attached hydrogens (tertiary/aromatic N) is 4. The summed E-state index contributed by atoms with van der Waals surface area (Å²) in [5.41, 5.74) is 2.01. The van der Waals surface area contributed by atoms with E-state index in [1.165, 1.54) is 12.4 Å². The van der Waals surface area contributed by atoms with Crippen molar-refractivity contribution in [2.24, 2.45) is 5.92 Å². The van der Waals surface area contributed by atoms with Crippen molar-refractivity contribution in [2.45, 2.75) is 55.7 Å². The monoisotopic (exact) mass is 451 g/mol. The zero-order chi connectivity index (χ0) is 22.5. The highest BCUT2D eigenvalue weighted by atomic mass is 32.2. The molecular formula is C23H25N5O3S. The maximum Gasteiger partial charge on any atom is 0.243 e. The predicted octanol–water partition coefficient (Wildman–Crippen LogP) is 3.40. The van der Waals surface area contributed by atoms with Crippen LogP contribution in [0.1, 0.15) is 44.2 Å². The van der Waals surface area contributed by atoms with E-state index in [1.54, 1.807) is 7.11 Å². The topological polar surface area (TPSA) is 110 Å². The Balaban J connectivity index is 1.58. The predicted molar refractivity (Wildman–Crippen MR) is 119 cm³/mol. The molecule has 2 saturated carbocycles. The summed E-state index contributed by atoms with van der Waals surface area (Å²) < 4.78 is 35.9. The molecule has 0 aliphatic heterocycles. The van der Waals surface area contributed by atoms with Gasteiger partial charge in [-0.3, -0.25) is 0 Å². The molecule has 2 heterocycles. The SMILES string of the molecule is COC1CCC1n1c(-c2ncc(S(=O)(=O)N[C@@H](C)C3CC3)cn2)c(C#N)c2ccccc21. The molecule has 8 nitrogen and oxygen atoms in total. The maximum atomic E-state index is 12.7. The van der Waals surface area contributed by atoms with Gasteiger partial charge >= 0.3 is 0 Å². The number of sulfonamides is 1. The number of fused-ring (bicyclic) bond motifs is 1. The van der Waals surface area contributed by atoms with E-state index in [9.17, 15) is 13.7 Å². The lowest BCUT2D eigenvalue weighted by molar-refractivity contribution is -0.00673. The number of para-hydroxylation sites is 1. The van der Waals surface area contributed by atoms with Crippen LogP contribution in [-0.4, -0.2) is 42.2 Å². The Labute approximate surface area is 187 Å². The highest BCUT2D eigenvalue weighted by molar-refractivity contribution is 7.89. The fourth-order valence-corrected chi connectivity index (χ4v) is 5.75. The molecule has 32 heavy (non-hydrogen) atoms. The second-order valence-corrected chi connectivity index (χ2v) is 10.3. The molecule has 3 aromatic rings. The van der Waals surface area contributed by atoms with E-state index in [4.69, 9.17) is 4.74 Å². The van der Waals surface area contributed by atoms with Crippen LogP contribution in [0, 0.1) is 17.2 Å². The molecule has 2 fully saturated rings. The first-order valence-corrected chi connectivity index (χ1v) is 12.3. The Hall–Kier alpha value is -2.80. The second kappa shape index (κ2) is 7.96. The first kappa shape index (κ1) is 21.1. The quantitative estimate of drug-likeness (QED) is 0.590. The van der Waals surface area contributed by atoms with Gasteiger partial charge in [0.2, 0.25) is 10.0 Å². The van der Waals surface area contributed by atoms with Crippen LogP contribution in [0.5, 0.6) is 0 Å². The highest BCUT2D eigenvalue weighted by Crippen LogP contribution is 2.43. The zero-order valence-corrected chi connectivity index (χ0v) is 18.8. The van der Waals surface area contributed by atoms with E-state index >= 15 is 0 Å². The molecule has 1 aromatic carbocycles. The van der Waals surface area contributed by atoms with E-state index in [2.05, 4.69) is 25.3 Å². The molecule has 0 amide bonds. The summed E-state index contributed by atoms with van der Waals surface area (Å²) >= 11 is 0. The van der Waals surface area contributed by atoms with Crippen LogP contribution in [0.25, 0.3) is 22.4 Å². The normalized spacial score (nSPS) is 21.8. The Kier molecular flexibility index (Phi) is 5.24. The van der Waals surface area contributed by atoms with Crippen molar-refractivity contribution in [3.63, 3.8) is 0 Å². The smallest absolute Gasteiger partial charge is 0.243 e. The number of ether oxygens (including phenoxy) is 1. The van der Waals surface area contributed by atoms with Gasteiger partial charge in [-0.05, 0) is 44.6 Å². The second-order valence-electron chi connectivity index (χ2n) is 8.63. The number of nitrogens with one attached hydrogen (secondary N) is 1. The van der Waals surface area contributed by atoms with E-state index in [0.717, 1.165) is 36.6 Å². The van der Waals surface area contributed by atoms with Crippen LogP contribution in [-0.2, 0) is 14.8 Å². The van der Waals surface area contributed by atoms with E-state index in [-0.39, 0.29) is 23.1 Å². The Morgan fingerprint density at radius 3 is 2.50 bits per heavy atom. The summed E-state index contributed by atoms with van der Waals surface area (Å²) in [5.74, 6) is 0.726. The third-order valence-electron chi connectivity index (χ3n) is 6.65. The summed E-state index contributed by atoms with van der Waals surface area (Å²) in [4.78, 5) is 8.81. The standard InChI is InChI=1S/C23H25N5O3S/c1-14(15-7-8-15)27-32(29,30)16-12-25-23(26-13-16)22-18(11-24)17-5-3-4-6-19(17)28(22)20-9-10-21(20)31-2/h3-6,12-15,20-21,27H,7-10H2,1-2H3/t14-,20?,21?/m0/s1. The van der Waals surface area contributed by atoms with E-state index < -0.39 is 10.0 Å². The van der Waals surface area contributed by atoms with Crippen molar-refractivity contribution in [1.29, 1.82) is 5.26 Å². The van der Waals surface area contributed by atoms with Gasteiger partial charge in [-0.25, -0.2) is 23.1 Å². The lowest BCUT2D eigenvalue weighted by Gasteiger charge is -2.38. The first-order valence-electron chi connectivity index (χ1n) is 10.8. The van der Waals surface area contributed by atoms with Crippen LogP contribution in [0.2, 0.25) is 0 Å². The van der Waals surface area contributed by atoms with Crippen LogP contribution in [0.4, 0.5) is 0 Å². The molecule has 0 radical (unpaired) electrons. The number of methoxy groups -OCH3 is 1. The number of benzene rings is 1. The summed E-state index contributed by atoms with van der Waals surface area (Å²) in [6, 6.07) is 9.99. The van der Waals surface area contributed by atoms with Crippen LogP contribution in [0.15, 0.2) is 41.6 Å². The van der Waals surface area contributed by atoms with Gasteiger partial charge in [0, 0.05) is 18.5 Å². The van der Waals surface area contributed by atoms with Gasteiger partial charge in [-0.15, -0.1) is 0 Å². The van der Waals surface area contributed by atoms with Gasteiger partial charge in [0.05, 0.1) is 35.6 Å². The summed E-state index contributed by atoms with van der Waals surface area (Å²) in [5, 5.41) is 10.8. The minimum Gasteiger partial charge on any atom is -0.379 e. The molecule has 9 heteroatoms. The van der Waals surface area contributed by atoms with Crippen LogP contribution in [0.3, 0.4) is 0 Å². The van der Waals surface area contributed by atoms with Gasteiger partial charge in [0.15, 0.2) is 5.82 Å². The molecule has 5 rings (SSSR count). The Bertz CT molecular complexity index is 1300. The van der Waals surface area contributed by atoms with Crippen molar-refractivity contribution in [3.05, 3.63) is 42.2 Å². The van der Waals surface area contributed by atoms with E-state index in [1.807, 2.05) is 31.2 Å². The number of hydrogen-bond donors (Lipinski definition) is 1.